The molecule has 0 amide bonds. The molecule has 130 valence electrons. The van der Waals surface area contributed by atoms with Crippen molar-refractivity contribution in [3.8, 4) is 0 Å². The van der Waals surface area contributed by atoms with Crippen LogP contribution in [0.15, 0.2) is 21.5 Å². The second kappa shape index (κ2) is 8.29. The Balaban J connectivity index is 1.73. The molecule has 1 atom stereocenters. The zero-order valence-corrected chi connectivity index (χ0v) is 15.9. The minimum Gasteiger partial charge on any atom is -0.464 e. The molecule has 1 aromatic rings. The number of hydrogen-bond acceptors (Lipinski definition) is 7. The van der Waals surface area contributed by atoms with Crippen LogP contribution in [0.5, 0.6) is 0 Å². The van der Waals surface area contributed by atoms with Gasteiger partial charge in [0.2, 0.25) is 0 Å². The van der Waals surface area contributed by atoms with Crippen molar-refractivity contribution >= 4 is 52.5 Å². The Bertz CT molecular complexity index is 548. The number of hydrazine groups is 1. The Morgan fingerprint density at radius 1 is 1.35 bits per heavy atom. The molecular formula is C13H19Cl3N4O2S. The first-order valence-corrected chi connectivity index (χ1v) is 9.21. The number of hydrogen-bond donors (Lipinski definition) is 1. The number of halogens is 3. The smallest absolute Gasteiger partial charge is 0.268 e. The summed E-state index contributed by atoms with van der Waals surface area (Å²) in [6.07, 6.45) is 0.325. The maximum Gasteiger partial charge on any atom is 0.268 e. The first-order chi connectivity index (χ1) is 10.8. The zero-order valence-electron chi connectivity index (χ0n) is 12.8. The number of nitrogens with two attached hydrogens (primary N) is 1. The number of aliphatic imine (C=N–C) groups is 1. The Hall–Kier alpha value is -0.150. The molecule has 0 bridgehead atoms. The number of furan rings is 1. The standard InChI is InChI=1S/C13H19Cl3N4O2S/c1-19(2)7-9-3-4-10(21-9)8-23-6-5-11-18-12(13(14,15)16)22-20(11)17/h3-4,11H,5-8,17H2,1-2H3. The molecular weight excluding hydrogens is 383 g/mol. The van der Waals surface area contributed by atoms with Crippen molar-refractivity contribution in [3.05, 3.63) is 23.7 Å². The van der Waals surface area contributed by atoms with Gasteiger partial charge < -0.3 is 14.2 Å². The van der Waals surface area contributed by atoms with E-state index in [1.165, 1.54) is 0 Å². The van der Waals surface area contributed by atoms with Crippen molar-refractivity contribution < 1.29 is 9.25 Å². The molecule has 0 saturated heterocycles. The van der Waals surface area contributed by atoms with Gasteiger partial charge in [0.1, 0.15) is 11.5 Å². The van der Waals surface area contributed by atoms with Crippen molar-refractivity contribution in [2.45, 2.75) is 28.7 Å². The fourth-order valence-corrected chi connectivity index (χ4v) is 3.08. The van der Waals surface area contributed by atoms with E-state index in [1.54, 1.807) is 11.8 Å². The van der Waals surface area contributed by atoms with E-state index in [1.807, 2.05) is 26.2 Å². The van der Waals surface area contributed by atoms with Crippen molar-refractivity contribution in [2.75, 3.05) is 19.8 Å². The number of thioether (sulfide) groups is 1. The van der Waals surface area contributed by atoms with Gasteiger partial charge in [-0.3, -0.25) is 0 Å². The predicted octanol–water partition coefficient (Wildman–Crippen LogP) is 3.18. The summed E-state index contributed by atoms with van der Waals surface area (Å²) in [5.74, 6) is 9.21. The van der Waals surface area contributed by atoms with Crippen LogP contribution in [0.2, 0.25) is 0 Å². The molecule has 0 radical (unpaired) electrons. The van der Waals surface area contributed by atoms with Crippen LogP contribution in [-0.2, 0) is 17.1 Å². The van der Waals surface area contributed by atoms with Gasteiger partial charge in [-0.2, -0.15) is 11.8 Å². The van der Waals surface area contributed by atoms with Gasteiger partial charge >= 0.3 is 0 Å². The highest BCUT2D eigenvalue weighted by atomic mass is 35.6. The van der Waals surface area contributed by atoms with Crippen LogP contribution in [0.1, 0.15) is 17.9 Å². The van der Waals surface area contributed by atoms with Gasteiger partial charge in [-0.15, -0.1) is 0 Å². The van der Waals surface area contributed by atoms with E-state index in [0.717, 1.165) is 34.7 Å². The van der Waals surface area contributed by atoms with Gasteiger partial charge in [0.15, 0.2) is 6.17 Å². The van der Waals surface area contributed by atoms with Crippen LogP contribution < -0.4 is 5.84 Å². The largest absolute Gasteiger partial charge is 0.464 e. The molecule has 2 heterocycles. The number of rotatable bonds is 7. The van der Waals surface area contributed by atoms with Crippen LogP contribution in [0.25, 0.3) is 0 Å². The van der Waals surface area contributed by atoms with E-state index >= 15 is 0 Å². The predicted molar refractivity (Wildman–Crippen MR) is 95.5 cm³/mol. The summed E-state index contributed by atoms with van der Waals surface area (Å²) in [6, 6.07) is 4.00. The molecule has 23 heavy (non-hydrogen) atoms. The van der Waals surface area contributed by atoms with Crippen molar-refractivity contribution in [3.63, 3.8) is 0 Å². The molecule has 0 spiro atoms. The Labute approximate surface area is 154 Å². The molecule has 2 N–H and O–H groups in total. The SMILES string of the molecule is CN(C)Cc1ccc(CSCCC2N=C(C(Cl)(Cl)Cl)ON2N)o1. The summed E-state index contributed by atoms with van der Waals surface area (Å²) < 4.78 is 4.05. The summed E-state index contributed by atoms with van der Waals surface area (Å²) in [5, 5.41) is 1.11. The maximum atomic E-state index is 5.75. The average Bonchev–Trinajstić information content (AvgIpc) is 3.01. The van der Waals surface area contributed by atoms with Crippen molar-refractivity contribution in [1.82, 2.24) is 10.1 Å². The topological polar surface area (TPSA) is 67.2 Å². The van der Waals surface area contributed by atoms with Crippen LogP contribution in [0.3, 0.4) is 0 Å². The minimum absolute atomic E-state index is 0.000591. The van der Waals surface area contributed by atoms with Gasteiger partial charge in [-0.25, -0.2) is 10.8 Å². The minimum atomic E-state index is -1.70. The lowest BCUT2D eigenvalue weighted by Gasteiger charge is -2.15. The summed E-state index contributed by atoms with van der Waals surface area (Å²) >= 11 is 18.9. The van der Waals surface area contributed by atoms with Crippen LogP contribution in [0, 0.1) is 0 Å². The molecule has 0 fully saturated rings. The Kier molecular flexibility index (Phi) is 6.91. The van der Waals surface area contributed by atoms with Gasteiger partial charge in [-0.1, -0.05) is 40.0 Å². The molecule has 1 aromatic heterocycles. The molecule has 0 aromatic carbocycles. The maximum absolute atomic E-state index is 5.75. The zero-order chi connectivity index (χ0) is 17.0. The normalized spacial score (nSPS) is 19.3. The molecule has 6 nitrogen and oxygen atoms in total. The third-order valence-corrected chi connectivity index (χ3v) is 4.45. The second-order valence-corrected chi connectivity index (χ2v) is 8.70. The summed E-state index contributed by atoms with van der Waals surface area (Å²) in [4.78, 5) is 11.4. The number of hydroxylamine groups is 1. The quantitative estimate of drug-likeness (QED) is 0.430. The summed E-state index contributed by atoms with van der Waals surface area (Å²) in [5.41, 5.74) is 0. The lowest BCUT2D eigenvalue weighted by atomic mass is 10.4. The molecule has 1 aliphatic heterocycles. The van der Waals surface area contributed by atoms with E-state index in [-0.39, 0.29) is 12.1 Å². The van der Waals surface area contributed by atoms with Crippen LogP contribution >= 0.6 is 46.6 Å². The van der Waals surface area contributed by atoms with E-state index in [0.29, 0.717) is 6.42 Å². The van der Waals surface area contributed by atoms with Crippen LogP contribution in [0.4, 0.5) is 0 Å². The monoisotopic (exact) mass is 400 g/mol. The van der Waals surface area contributed by atoms with Gasteiger partial charge in [-0.05, 0) is 38.4 Å². The lowest BCUT2D eigenvalue weighted by molar-refractivity contribution is -0.0869. The van der Waals surface area contributed by atoms with Gasteiger partial charge in [0.25, 0.3) is 9.69 Å². The van der Waals surface area contributed by atoms with E-state index in [4.69, 9.17) is 49.9 Å². The van der Waals surface area contributed by atoms with Crippen LogP contribution in [-0.4, -0.2) is 45.8 Å². The molecule has 2 rings (SSSR count). The third-order valence-electron chi connectivity index (χ3n) is 2.95. The molecule has 0 aliphatic carbocycles. The van der Waals surface area contributed by atoms with E-state index < -0.39 is 3.79 Å². The molecule has 10 heteroatoms. The molecule has 1 unspecified atom stereocenters. The first-order valence-electron chi connectivity index (χ1n) is 6.92. The fraction of sp³-hybridized carbons (Fsp3) is 0.615. The average molecular weight is 402 g/mol. The summed E-state index contributed by atoms with van der Waals surface area (Å²) in [7, 11) is 4.01. The number of nitrogens with zero attached hydrogens (tertiary/aromatic N) is 3. The van der Waals surface area contributed by atoms with Gasteiger partial charge in [0, 0.05) is 0 Å². The lowest BCUT2D eigenvalue weighted by Crippen LogP contribution is -2.37. The molecule has 0 saturated carbocycles. The highest BCUT2D eigenvalue weighted by Crippen LogP contribution is 2.32. The van der Waals surface area contributed by atoms with Crippen molar-refractivity contribution in [1.29, 1.82) is 0 Å². The van der Waals surface area contributed by atoms with Crippen molar-refractivity contribution in [2.24, 2.45) is 10.8 Å². The third kappa shape index (κ3) is 6.01. The second-order valence-electron chi connectivity index (χ2n) is 5.31. The molecule has 1 aliphatic rings. The van der Waals surface area contributed by atoms with E-state index in [9.17, 15) is 0 Å². The highest BCUT2D eigenvalue weighted by molar-refractivity contribution is 7.98. The Morgan fingerprint density at radius 2 is 2.04 bits per heavy atom. The highest BCUT2D eigenvalue weighted by Gasteiger charge is 2.38. The fourth-order valence-electron chi connectivity index (χ4n) is 1.95. The van der Waals surface area contributed by atoms with Gasteiger partial charge in [0.05, 0.1) is 12.3 Å². The number of alkyl halides is 3. The first kappa shape index (κ1) is 19.2. The summed E-state index contributed by atoms with van der Waals surface area (Å²) in [6.45, 7) is 0.792. The van der Waals surface area contributed by atoms with E-state index in [2.05, 4.69) is 9.89 Å². The Morgan fingerprint density at radius 3 is 2.65 bits per heavy atom.